The first-order chi connectivity index (χ1) is 12.8. The second kappa shape index (κ2) is 6.53. The fraction of sp³-hybridized carbons (Fsp3) is 0.0526. The second-order valence-electron chi connectivity index (χ2n) is 5.71. The van der Waals surface area contributed by atoms with Gasteiger partial charge in [0.2, 0.25) is 0 Å². The molecule has 4 aromatic rings. The summed E-state index contributed by atoms with van der Waals surface area (Å²) in [5.74, 6) is -0.415. The first kappa shape index (κ1) is 15.6. The summed E-state index contributed by atoms with van der Waals surface area (Å²) in [4.78, 5) is 12.6. The highest BCUT2D eigenvalue weighted by Gasteiger charge is 2.20. The maximum Gasteiger partial charge on any atom is 0.273 e. The van der Waals surface area contributed by atoms with E-state index >= 15 is 0 Å². The Hall–Kier alpha value is -3.92. The van der Waals surface area contributed by atoms with E-state index in [-0.39, 0.29) is 5.69 Å². The smallest absolute Gasteiger partial charge is 0.273 e. The lowest BCUT2D eigenvalue weighted by Crippen LogP contribution is -2.27. The average molecular weight is 342 g/mol. The van der Waals surface area contributed by atoms with Gasteiger partial charge in [-0.25, -0.2) is 4.68 Å². The molecule has 0 aliphatic carbocycles. The van der Waals surface area contributed by atoms with E-state index in [9.17, 15) is 10.1 Å². The van der Waals surface area contributed by atoms with Crippen LogP contribution in [0.25, 0.3) is 16.6 Å². The van der Waals surface area contributed by atoms with Crippen molar-refractivity contribution in [3.8, 4) is 11.8 Å². The minimum Gasteiger partial charge on any atom is -0.331 e. The van der Waals surface area contributed by atoms with Crippen molar-refractivity contribution < 1.29 is 4.79 Å². The van der Waals surface area contributed by atoms with Crippen LogP contribution in [0.2, 0.25) is 0 Å². The second-order valence-corrected chi connectivity index (χ2v) is 5.71. The molecule has 0 radical (unpaired) electrons. The molecule has 0 unspecified atom stereocenters. The number of para-hydroxylation sites is 2. The van der Waals surface area contributed by atoms with Gasteiger partial charge in [-0.05, 0) is 18.2 Å². The highest BCUT2D eigenvalue weighted by atomic mass is 16.2. The fourth-order valence-electron chi connectivity index (χ4n) is 2.73. The van der Waals surface area contributed by atoms with Crippen molar-refractivity contribution >= 4 is 16.8 Å². The molecule has 0 aliphatic rings. The number of nitrogens with zero attached hydrogens (tertiary/aromatic N) is 4. The number of rotatable bonds is 4. The molecule has 0 saturated heterocycles. The maximum absolute atomic E-state index is 12.6. The molecule has 7 nitrogen and oxygen atoms in total. The number of amides is 1. The van der Waals surface area contributed by atoms with Crippen LogP contribution < -0.4 is 5.32 Å². The topological polar surface area (TPSA) is 99.4 Å². The molecule has 2 aromatic carbocycles. The lowest BCUT2D eigenvalue weighted by Gasteiger charge is -2.08. The van der Waals surface area contributed by atoms with E-state index < -0.39 is 11.9 Å². The zero-order chi connectivity index (χ0) is 17.9. The van der Waals surface area contributed by atoms with E-state index in [0.29, 0.717) is 10.9 Å². The number of nitriles is 1. The molecule has 7 heteroatoms. The van der Waals surface area contributed by atoms with Gasteiger partial charge in [-0.1, -0.05) is 36.4 Å². The summed E-state index contributed by atoms with van der Waals surface area (Å²) in [6.45, 7) is 0. The molecule has 0 saturated carbocycles. The zero-order valence-electron chi connectivity index (χ0n) is 13.6. The highest BCUT2D eigenvalue weighted by molar-refractivity contribution is 6.04. The van der Waals surface area contributed by atoms with E-state index in [4.69, 9.17) is 0 Å². The van der Waals surface area contributed by atoms with E-state index in [1.54, 1.807) is 17.1 Å². The summed E-state index contributed by atoms with van der Waals surface area (Å²) in [5.41, 5.74) is 2.50. The van der Waals surface area contributed by atoms with Crippen LogP contribution in [-0.4, -0.2) is 25.9 Å². The summed E-state index contributed by atoms with van der Waals surface area (Å²) in [7, 11) is 0. The lowest BCUT2D eigenvalue weighted by molar-refractivity contribution is 0.0941. The van der Waals surface area contributed by atoms with Crippen LogP contribution in [0.1, 0.15) is 22.1 Å². The number of aromatic nitrogens is 4. The number of hydrogen-bond acceptors (Lipinski definition) is 4. The van der Waals surface area contributed by atoms with Crippen molar-refractivity contribution in [3.63, 3.8) is 0 Å². The fourth-order valence-corrected chi connectivity index (χ4v) is 2.73. The number of carbonyl (C=O) groups excluding carboxylic acids is 1. The molecule has 0 spiro atoms. The van der Waals surface area contributed by atoms with Gasteiger partial charge in [0.25, 0.3) is 5.91 Å². The van der Waals surface area contributed by atoms with E-state index in [2.05, 4.69) is 26.7 Å². The molecule has 126 valence electrons. The molecule has 26 heavy (non-hydrogen) atoms. The van der Waals surface area contributed by atoms with Crippen molar-refractivity contribution in [2.24, 2.45) is 0 Å². The Labute approximate surface area is 148 Å². The molecule has 2 heterocycles. The molecule has 2 N–H and O–H groups in total. The number of aromatic amines is 1. The molecular weight excluding hydrogens is 328 g/mol. The van der Waals surface area contributed by atoms with Crippen molar-refractivity contribution in [2.75, 3.05) is 0 Å². The molecule has 0 aliphatic heterocycles. The van der Waals surface area contributed by atoms with Crippen molar-refractivity contribution in [3.05, 3.63) is 78.2 Å². The van der Waals surface area contributed by atoms with Gasteiger partial charge in [-0.3, -0.25) is 9.89 Å². The molecule has 4 rings (SSSR count). The van der Waals surface area contributed by atoms with Gasteiger partial charge in [0.05, 0.1) is 23.5 Å². The van der Waals surface area contributed by atoms with Gasteiger partial charge in [0.15, 0.2) is 5.69 Å². The quantitative estimate of drug-likeness (QED) is 0.595. The molecule has 0 bridgehead atoms. The lowest BCUT2D eigenvalue weighted by atomic mass is 10.1. The summed E-state index contributed by atoms with van der Waals surface area (Å²) in [6, 6.07) is 18.2. The van der Waals surface area contributed by atoms with Crippen LogP contribution in [0, 0.1) is 11.3 Å². The minimum atomic E-state index is -0.824. The number of hydrogen-bond donors (Lipinski definition) is 2. The van der Waals surface area contributed by atoms with Gasteiger partial charge < -0.3 is 5.32 Å². The summed E-state index contributed by atoms with van der Waals surface area (Å²) in [6.07, 6.45) is 3.30. The van der Waals surface area contributed by atoms with Crippen LogP contribution in [-0.2, 0) is 0 Å². The Morgan fingerprint density at radius 3 is 2.73 bits per heavy atom. The highest BCUT2D eigenvalue weighted by Crippen LogP contribution is 2.18. The minimum absolute atomic E-state index is 0.260. The van der Waals surface area contributed by atoms with Gasteiger partial charge >= 0.3 is 0 Å². The maximum atomic E-state index is 12.6. The molecule has 1 atom stereocenters. The Morgan fingerprint density at radius 1 is 1.15 bits per heavy atom. The normalized spacial score (nSPS) is 11.8. The van der Waals surface area contributed by atoms with Crippen LogP contribution in [0.5, 0.6) is 0 Å². The van der Waals surface area contributed by atoms with Crippen LogP contribution in [0.4, 0.5) is 0 Å². The monoisotopic (exact) mass is 342 g/mol. The Bertz CT molecular complexity index is 1110. The standard InChI is InChI=1S/C19H14N6O/c20-10-17(13-11-21-25(12-13)14-6-2-1-3-7-14)22-19(26)18-15-8-4-5-9-16(15)23-24-18/h1-9,11-12,17H,(H,22,26)(H,23,24)/t17-/m0/s1. The van der Waals surface area contributed by atoms with Gasteiger partial charge in [-0.15, -0.1) is 0 Å². The number of nitrogens with one attached hydrogen (secondary N) is 2. The van der Waals surface area contributed by atoms with E-state index in [0.717, 1.165) is 11.2 Å². The molecular formula is C19H14N6O. The Morgan fingerprint density at radius 2 is 1.92 bits per heavy atom. The third-order valence-corrected chi connectivity index (χ3v) is 4.05. The van der Waals surface area contributed by atoms with Gasteiger partial charge in [0.1, 0.15) is 6.04 Å². The number of benzene rings is 2. The Kier molecular flexibility index (Phi) is 3.92. The summed E-state index contributed by atoms with van der Waals surface area (Å²) < 4.78 is 1.66. The Balaban J connectivity index is 1.58. The van der Waals surface area contributed by atoms with Gasteiger partial charge in [-0.2, -0.15) is 15.5 Å². The summed E-state index contributed by atoms with van der Waals surface area (Å²) >= 11 is 0. The van der Waals surface area contributed by atoms with Gasteiger partial charge in [0, 0.05) is 17.1 Å². The van der Waals surface area contributed by atoms with Crippen molar-refractivity contribution in [1.29, 1.82) is 5.26 Å². The van der Waals surface area contributed by atoms with E-state index in [1.165, 1.54) is 0 Å². The molecule has 1 amide bonds. The third-order valence-electron chi connectivity index (χ3n) is 4.05. The predicted molar refractivity (Wildman–Crippen MR) is 95.5 cm³/mol. The van der Waals surface area contributed by atoms with Crippen molar-refractivity contribution in [2.45, 2.75) is 6.04 Å². The average Bonchev–Trinajstić information content (AvgIpc) is 3.34. The first-order valence-corrected chi connectivity index (χ1v) is 8.00. The first-order valence-electron chi connectivity index (χ1n) is 8.00. The number of fused-ring (bicyclic) bond motifs is 1. The zero-order valence-corrected chi connectivity index (χ0v) is 13.6. The number of carbonyl (C=O) groups is 1. The van der Waals surface area contributed by atoms with Crippen LogP contribution >= 0.6 is 0 Å². The summed E-state index contributed by atoms with van der Waals surface area (Å²) in [5, 5.41) is 24.1. The third kappa shape index (κ3) is 2.80. The van der Waals surface area contributed by atoms with Crippen LogP contribution in [0.15, 0.2) is 67.0 Å². The SMILES string of the molecule is N#C[C@H](NC(=O)c1n[nH]c2ccccc12)c1cnn(-c2ccccc2)c1. The molecule has 2 aromatic heterocycles. The van der Waals surface area contributed by atoms with Crippen molar-refractivity contribution in [1.82, 2.24) is 25.3 Å². The molecule has 0 fully saturated rings. The largest absolute Gasteiger partial charge is 0.331 e. The van der Waals surface area contributed by atoms with Crippen LogP contribution in [0.3, 0.4) is 0 Å². The predicted octanol–water partition coefficient (Wildman–Crippen LogP) is 2.74. The van der Waals surface area contributed by atoms with E-state index in [1.807, 2.05) is 54.6 Å². The number of H-pyrrole nitrogens is 1.